The van der Waals surface area contributed by atoms with Gasteiger partial charge in [-0.1, -0.05) is 12.1 Å². The Morgan fingerprint density at radius 3 is 2.86 bits per heavy atom. The number of esters is 1. The van der Waals surface area contributed by atoms with Crippen LogP contribution >= 0.6 is 0 Å². The van der Waals surface area contributed by atoms with Crippen molar-refractivity contribution in [2.75, 3.05) is 17.7 Å². The second-order valence-corrected chi connectivity index (χ2v) is 4.61. The first kappa shape index (κ1) is 14.8. The third-order valence-corrected chi connectivity index (χ3v) is 3.14. The van der Waals surface area contributed by atoms with Crippen molar-refractivity contribution in [3.8, 4) is 0 Å². The van der Waals surface area contributed by atoms with Crippen LogP contribution in [0.25, 0.3) is 0 Å². The first-order valence-electron chi connectivity index (χ1n) is 6.83. The number of hydrogen-bond donors (Lipinski definition) is 2. The third-order valence-electron chi connectivity index (χ3n) is 3.14. The molecule has 0 aliphatic carbocycles. The number of rotatable bonds is 5. The van der Waals surface area contributed by atoms with Crippen molar-refractivity contribution in [3.63, 3.8) is 0 Å². The zero-order valence-electron chi connectivity index (χ0n) is 12.2. The Balaban J connectivity index is 2.23. The highest BCUT2D eigenvalue weighted by atomic mass is 16.5. The van der Waals surface area contributed by atoms with Gasteiger partial charge in [-0.15, -0.1) is 0 Å². The monoisotopic (exact) mass is 285 g/mol. The zero-order chi connectivity index (χ0) is 15.2. The summed E-state index contributed by atoms with van der Waals surface area (Å²) in [5, 5.41) is 3.19. The van der Waals surface area contributed by atoms with Gasteiger partial charge in [-0.2, -0.15) is 0 Å². The molecule has 0 radical (unpaired) electrons. The molecule has 0 aliphatic rings. The van der Waals surface area contributed by atoms with Crippen LogP contribution in [-0.2, 0) is 11.3 Å². The van der Waals surface area contributed by atoms with Gasteiger partial charge in [-0.25, -0.2) is 4.79 Å². The van der Waals surface area contributed by atoms with E-state index in [9.17, 15) is 4.79 Å². The third kappa shape index (κ3) is 3.51. The number of nitrogens with two attached hydrogens (primary N) is 1. The molecule has 1 heterocycles. The van der Waals surface area contributed by atoms with Crippen molar-refractivity contribution in [2.24, 2.45) is 0 Å². The van der Waals surface area contributed by atoms with Crippen LogP contribution in [-0.4, -0.2) is 17.6 Å². The number of para-hydroxylation sites is 1. The molecule has 5 nitrogen and oxygen atoms in total. The van der Waals surface area contributed by atoms with Crippen molar-refractivity contribution in [1.29, 1.82) is 0 Å². The molecule has 3 N–H and O–H groups in total. The van der Waals surface area contributed by atoms with E-state index in [2.05, 4.69) is 10.3 Å². The lowest BCUT2D eigenvalue weighted by Gasteiger charge is -2.14. The molecule has 0 bridgehead atoms. The lowest BCUT2D eigenvalue weighted by atomic mass is 10.1. The Hall–Kier alpha value is -2.56. The minimum atomic E-state index is -0.384. The van der Waals surface area contributed by atoms with Crippen molar-refractivity contribution < 1.29 is 9.53 Å². The number of anilines is 2. The van der Waals surface area contributed by atoms with E-state index in [-0.39, 0.29) is 5.97 Å². The molecule has 0 atom stereocenters. The number of hydrogen-bond acceptors (Lipinski definition) is 5. The topological polar surface area (TPSA) is 77.2 Å². The van der Waals surface area contributed by atoms with Crippen LogP contribution in [0.1, 0.15) is 28.5 Å². The number of nitrogens with zero attached hydrogens (tertiary/aromatic N) is 1. The van der Waals surface area contributed by atoms with Crippen molar-refractivity contribution in [3.05, 3.63) is 53.3 Å². The number of carbonyl (C=O) groups is 1. The van der Waals surface area contributed by atoms with Crippen molar-refractivity contribution in [1.82, 2.24) is 4.98 Å². The summed E-state index contributed by atoms with van der Waals surface area (Å²) in [4.78, 5) is 16.3. The summed E-state index contributed by atoms with van der Waals surface area (Å²) in [7, 11) is 0. The highest BCUT2D eigenvalue weighted by molar-refractivity contribution is 5.98. The maximum absolute atomic E-state index is 12.0. The number of nitrogen functional groups attached to an aromatic ring is 1. The number of aryl methyl sites for hydroxylation is 1. The largest absolute Gasteiger partial charge is 0.462 e. The molecule has 0 saturated heterocycles. The van der Waals surface area contributed by atoms with Gasteiger partial charge in [-0.3, -0.25) is 4.98 Å². The highest BCUT2D eigenvalue weighted by Crippen LogP contribution is 2.25. The lowest BCUT2D eigenvalue weighted by Crippen LogP contribution is -2.12. The van der Waals surface area contributed by atoms with E-state index in [1.807, 2.05) is 19.1 Å². The fourth-order valence-electron chi connectivity index (χ4n) is 2.02. The standard InChI is InChI=1S/C16H19N3O2/c1-3-21-16(20)12-7-4-8-13(17)15(12)19-10-14-11(2)6-5-9-18-14/h4-9,19H,3,10,17H2,1-2H3. The molecule has 1 aromatic heterocycles. The first-order valence-corrected chi connectivity index (χ1v) is 6.83. The van der Waals surface area contributed by atoms with E-state index >= 15 is 0 Å². The fraction of sp³-hybridized carbons (Fsp3) is 0.250. The van der Waals surface area contributed by atoms with Crippen molar-refractivity contribution >= 4 is 17.3 Å². The van der Waals surface area contributed by atoms with Crippen molar-refractivity contribution in [2.45, 2.75) is 20.4 Å². The summed E-state index contributed by atoms with van der Waals surface area (Å²) >= 11 is 0. The highest BCUT2D eigenvalue weighted by Gasteiger charge is 2.14. The van der Waals surface area contributed by atoms with E-state index in [1.54, 1.807) is 31.3 Å². The zero-order valence-corrected chi connectivity index (χ0v) is 12.2. The molecular formula is C16H19N3O2. The van der Waals surface area contributed by atoms with Gasteiger partial charge in [0.1, 0.15) is 0 Å². The molecule has 0 fully saturated rings. The molecule has 0 aliphatic heterocycles. The summed E-state index contributed by atoms with van der Waals surface area (Å²) in [6.07, 6.45) is 1.74. The molecule has 0 spiro atoms. The second kappa shape index (κ2) is 6.74. The molecule has 2 rings (SSSR count). The number of aromatic nitrogens is 1. The van der Waals surface area contributed by atoms with Gasteiger partial charge in [0, 0.05) is 6.20 Å². The summed E-state index contributed by atoms with van der Waals surface area (Å²) in [6, 6.07) is 9.06. The van der Waals surface area contributed by atoms with Gasteiger partial charge in [0.15, 0.2) is 0 Å². The minimum Gasteiger partial charge on any atom is -0.462 e. The Bertz CT molecular complexity index is 641. The van der Waals surface area contributed by atoms with E-state index < -0.39 is 0 Å². The van der Waals surface area contributed by atoms with Gasteiger partial charge in [0.2, 0.25) is 0 Å². The van der Waals surface area contributed by atoms with Gasteiger partial charge >= 0.3 is 5.97 Å². The number of pyridine rings is 1. The molecule has 5 heteroatoms. The Morgan fingerprint density at radius 1 is 1.33 bits per heavy atom. The Kier molecular flexibility index (Phi) is 4.77. The van der Waals surface area contributed by atoms with Gasteiger partial charge in [-0.05, 0) is 37.6 Å². The molecule has 110 valence electrons. The van der Waals surface area contributed by atoms with Crippen LogP contribution in [0.15, 0.2) is 36.5 Å². The first-order chi connectivity index (χ1) is 10.1. The van der Waals surface area contributed by atoms with Gasteiger partial charge in [0.05, 0.1) is 35.8 Å². The summed E-state index contributed by atoms with van der Waals surface area (Å²) in [6.45, 7) is 4.58. The van der Waals surface area contributed by atoms with E-state index in [0.29, 0.717) is 30.1 Å². The van der Waals surface area contributed by atoms with Crippen LogP contribution < -0.4 is 11.1 Å². The molecular weight excluding hydrogens is 266 g/mol. The fourth-order valence-corrected chi connectivity index (χ4v) is 2.02. The predicted octanol–water partition coefficient (Wildman–Crippen LogP) is 2.76. The molecule has 0 unspecified atom stereocenters. The Morgan fingerprint density at radius 2 is 2.14 bits per heavy atom. The number of ether oxygens (including phenoxy) is 1. The average molecular weight is 285 g/mol. The summed E-state index contributed by atoms with van der Waals surface area (Å²) in [5.74, 6) is -0.384. The number of benzene rings is 1. The maximum atomic E-state index is 12.0. The molecule has 0 amide bonds. The smallest absolute Gasteiger partial charge is 0.340 e. The van der Waals surface area contributed by atoms with Gasteiger partial charge < -0.3 is 15.8 Å². The Labute approximate surface area is 124 Å². The van der Waals surface area contributed by atoms with Crippen LogP contribution in [0.5, 0.6) is 0 Å². The molecule has 21 heavy (non-hydrogen) atoms. The van der Waals surface area contributed by atoms with E-state index in [0.717, 1.165) is 11.3 Å². The van der Waals surface area contributed by atoms with Gasteiger partial charge in [0.25, 0.3) is 0 Å². The SMILES string of the molecule is CCOC(=O)c1cccc(N)c1NCc1ncccc1C. The number of nitrogens with one attached hydrogen (secondary N) is 1. The predicted molar refractivity (Wildman–Crippen MR) is 83.1 cm³/mol. The molecule has 2 aromatic rings. The molecule has 0 saturated carbocycles. The summed E-state index contributed by atoms with van der Waals surface area (Å²) in [5.41, 5.74) is 9.49. The molecule has 1 aromatic carbocycles. The average Bonchev–Trinajstić information content (AvgIpc) is 2.47. The van der Waals surface area contributed by atoms with E-state index in [1.165, 1.54) is 0 Å². The van der Waals surface area contributed by atoms with Crippen LogP contribution in [0.2, 0.25) is 0 Å². The van der Waals surface area contributed by atoms with E-state index in [4.69, 9.17) is 10.5 Å². The second-order valence-electron chi connectivity index (χ2n) is 4.61. The van der Waals surface area contributed by atoms with Crippen LogP contribution in [0, 0.1) is 6.92 Å². The van der Waals surface area contributed by atoms with Crippen LogP contribution in [0.3, 0.4) is 0 Å². The van der Waals surface area contributed by atoms with Crippen LogP contribution in [0.4, 0.5) is 11.4 Å². The lowest BCUT2D eigenvalue weighted by molar-refractivity contribution is 0.0527. The number of carbonyl (C=O) groups excluding carboxylic acids is 1. The quantitative estimate of drug-likeness (QED) is 0.652. The normalized spacial score (nSPS) is 10.2. The summed E-state index contributed by atoms with van der Waals surface area (Å²) < 4.78 is 5.05. The maximum Gasteiger partial charge on any atom is 0.340 e. The minimum absolute atomic E-state index is 0.326.